The van der Waals surface area contributed by atoms with Crippen LogP contribution < -0.4 is 5.32 Å². The van der Waals surface area contributed by atoms with E-state index in [1.165, 1.54) is 4.90 Å². The lowest BCUT2D eigenvalue weighted by Gasteiger charge is -2.17. The summed E-state index contributed by atoms with van der Waals surface area (Å²) in [7, 11) is 0. The van der Waals surface area contributed by atoms with Gasteiger partial charge in [0.25, 0.3) is 0 Å². The Kier molecular flexibility index (Phi) is 6.70. The molecule has 108 valence electrons. The molecule has 1 aromatic carbocycles. The molecule has 1 N–H and O–H groups in total. The van der Waals surface area contributed by atoms with Gasteiger partial charge in [0.2, 0.25) is 0 Å². The molecule has 0 aliphatic carbocycles. The van der Waals surface area contributed by atoms with Gasteiger partial charge in [0, 0.05) is 27.6 Å². The van der Waals surface area contributed by atoms with E-state index in [1.807, 2.05) is 30.0 Å². The van der Waals surface area contributed by atoms with Gasteiger partial charge in [0.05, 0.1) is 6.26 Å². The van der Waals surface area contributed by atoms with Crippen LogP contribution in [0.2, 0.25) is 0 Å². The van der Waals surface area contributed by atoms with Gasteiger partial charge in [-0.1, -0.05) is 19.1 Å². The zero-order valence-electron chi connectivity index (χ0n) is 11.6. The summed E-state index contributed by atoms with van der Waals surface area (Å²) in [5, 5.41) is 3.60. The second-order valence-corrected chi connectivity index (χ2v) is 6.59. The minimum atomic E-state index is 0.429. The molecular weight excluding hydrogens is 334 g/mol. The molecule has 0 fully saturated rings. The molecular formula is C16H20BrNOS. The topological polar surface area (TPSA) is 25.2 Å². The van der Waals surface area contributed by atoms with Crippen LogP contribution in [0.1, 0.15) is 19.1 Å². The number of hydrogen-bond acceptors (Lipinski definition) is 3. The highest BCUT2D eigenvalue weighted by Crippen LogP contribution is 2.27. The fourth-order valence-electron chi connectivity index (χ4n) is 1.96. The van der Waals surface area contributed by atoms with E-state index in [4.69, 9.17) is 4.42 Å². The van der Waals surface area contributed by atoms with Crippen molar-refractivity contribution >= 4 is 27.7 Å². The molecule has 20 heavy (non-hydrogen) atoms. The van der Waals surface area contributed by atoms with Gasteiger partial charge < -0.3 is 9.73 Å². The van der Waals surface area contributed by atoms with E-state index in [-0.39, 0.29) is 0 Å². The molecule has 2 aromatic rings. The summed E-state index contributed by atoms with van der Waals surface area (Å²) >= 11 is 5.48. The Morgan fingerprint density at radius 1 is 1.25 bits per heavy atom. The molecule has 4 heteroatoms. The molecule has 0 aliphatic rings. The lowest BCUT2D eigenvalue weighted by Crippen LogP contribution is -2.33. The summed E-state index contributed by atoms with van der Waals surface area (Å²) < 4.78 is 6.63. The number of thioether (sulfide) groups is 1. The van der Waals surface area contributed by atoms with E-state index in [1.54, 1.807) is 6.26 Å². The van der Waals surface area contributed by atoms with Gasteiger partial charge >= 0.3 is 0 Å². The fourth-order valence-corrected chi connectivity index (χ4v) is 3.59. The largest absolute Gasteiger partial charge is 0.469 e. The van der Waals surface area contributed by atoms with Crippen molar-refractivity contribution in [2.45, 2.75) is 30.7 Å². The van der Waals surface area contributed by atoms with Gasteiger partial charge in [-0.2, -0.15) is 0 Å². The second-order valence-electron chi connectivity index (χ2n) is 4.68. The highest BCUT2D eigenvalue weighted by molar-refractivity contribution is 9.10. The molecule has 1 heterocycles. The summed E-state index contributed by atoms with van der Waals surface area (Å²) in [5.74, 6) is 2.08. The second kappa shape index (κ2) is 8.55. The SMILES string of the molecule is CCCNC(CSc1ccccc1Br)Cc1ccco1. The van der Waals surface area contributed by atoms with Crippen molar-refractivity contribution in [3.63, 3.8) is 0 Å². The summed E-state index contributed by atoms with van der Waals surface area (Å²) in [6.07, 6.45) is 3.83. The maximum Gasteiger partial charge on any atom is 0.105 e. The molecule has 0 bridgehead atoms. The average Bonchev–Trinajstić information content (AvgIpc) is 2.96. The first-order chi connectivity index (χ1) is 9.79. The standard InChI is InChI=1S/C16H20BrNOS/c1-2-9-18-13(11-14-6-5-10-19-14)12-20-16-8-4-3-7-15(16)17/h3-8,10,13,18H,2,9,11-12H2,1H3. The molecule has 1 unspecified atom stereocenters. The summed E-state index contributed by atoms with van der Waals surface area (Å²) in [6.45, 7) is 3.24. The molecule has 2 nitrogen and oxygen atoms in total. The molecule has 0 radical (unpaired) electrons. The Balaban J connectivity index is 1.91. The van der Waals surface area contributed by atoms with Crippen molar-refractivity contribution in [1.82, 2.24) is 5.32 Å². The van der Waals surface area contributed by atoms with E-state index in [2.05, 4.69) is 46.4 Å². The van der Waals surface area contributed by atoms with Crippen LogP contribution >= 0.6 is 27.7 Å². The number of nitrogens with one attached hydrogen (secondary N) is 1. The quantitative estimate of drug-likeness (QED) is 0.693. The molecule has 0 aliphatic heterocycles. The molecule has 0 spiro atoms. The first kappa shape index (κ1) is 15.7. The van der Waals surface area contributed by atoms with E-state index >= 15 is 0 Å². The van der Waals surface area contributed by atoms with Gasteiger partial charge in [-0.15, -0.1) is 11.8 Å². The number of hydrogen-bond donors (Lipinski definition) is 1. The third-order valence-electron chi connectivity index (χ3n) is 2.99. The first-order valence-electron chi connectivity index (χ1n) is 6.92. The monoisotopic (exact) mass is 353 g/mol. The van der Waals surface area contributed by atoms with Gasteiger partial charge in [0.1, 0.15) is 5.76 Å². The van der Waals surface area contributed by atoms with Gasteiger partial charge in [-0.3, -0.25) is 0 Å². The predicted octanol–water partition coefficient (Wildman–Crippen LogP) is 4.75. The van der Waals surface area contributed by atoms with Crippen molar-refractivity contribution in [1.29, 1.82) is 0 Å². The molecule has 0 saturated carbocycles. The van der Waals surface area contributed by atoms with E-state index in [9.17, 15) is 0 Å². The Morgan fingerprint density at radius 3 is 2.80 bits per heavy atom. The van der Waals surface area contributed by atoms with Crippen LogP contribution in [0.25, 0.3) is 0 Å². The molecule has 0 saturated heterocycles. The van der Waals surface area contributed by atoms with Crippen LogP contribution in [-0.2, 0) is 6.42 Å². The number of benzene rings is 1. The minimum absolute atomic E-state index is 0.429. The van der Waals surface area contributed by atoms with Crippen LogP contribution in [0.4, 0.5) is 0 Å². The predicted molar refractivity (Wildman–Crippen MR) is 89.4 cm³/mol. The fraction of sp³-hybridized carbons (Fsp3) is 0.375. The molecule has 1 aromatic heterocycles. The van der Waals surface area contributed by atoms with E-state index in [0.717, 1.165) is 35.4 Å². The third-order valence-corrected chi connectivity index (χ3v) is 5.18. The molecule has 0 amide bonds. The number of rotatable bonds is 8. The zero-order valence-corrected chi connectivity index (χ0v) is 14.0. The lowest BCUT2D eigenvalue weighted by atomic mass is 10.2. The summed E-state index contributed by atoms with van der Waals surface area (Å²) in [6, 6.07) is 12.8. The summed E-state index contributed by atoms with van der Waals surface area (Å²) in [5.41, 5.74) is 0. The van der Waals surface area contributed by atoms with Crippen molar-refractivity contribution < 1.29 is 4.42 Å². The average molecular weight is 354 g/mol. The molecule has 2 rings (SSSR count). The van der Waals surface area contributed by atoms with Gasteiger partial charge in [-0.05, 0) is 53.2 Å². The van der Waals surface area contributed by atoms with Crippen LogP contribution in [-0.4, -0.2) is 18.3 Å². The maximum absolute atomic E-state index is 5.46. The van der Waals surface area contributed by atoms with Crippen LogP contribution in [0.3, 0.4) is 0 Å². The highest BCUT2D eigenvalue weighted by atomic mass is 79.9. The van der Waals surface area contributed by atoms with Crippen molar-refractivity contribution in [3.8, 4) is 0 Å². The third kappa shape index (κ3) is 5.00. The van der Waals surface area contributed by atoms with E-state index < -0.39 is 0 Å². The van der Waals surface area contributed by atoms with Crippen molar-refractivity contribution in [2.75, 3.05) is 12.3 Å². The maximum atomic E-state index is 5.46. The Labute approximate surface area is 133 Å². The van der Waals surface area contributed by atoms with Gasteiger partial charge in [-0.25, -0.2) is 0 Å². The van der Waals surface area contributed by atoms with Crippen molar-refractivity contribution in [2.24, 2.45) is 0 Å². The Hall–Kier alpha value is -0.710. The van der Waals surface area contributed by atoms with Gasteiger partial charge in [0.15, 0.2) is 0 Å². The van der Waals surface area contributed by atoms with Crippen LogP contribution in [0.15, 0.2) is 56.4 Å². The number of furan rings is 1. The highest BCUT2D eigenvalue weighted by Gasteiger charge is 2.12. The normalized spacial score (nSPS) is 12.5. The molecule has 1 atom stereocenters. The Morgan fingerprint density at radius 2 is 2.10 bits per heavy atom. The Bertz CT molecular complexity index is 501. The van der Waals surface area contributed by atoms with Crippen LogP contribution in [0.5, 0.6) is 0 Å². The van der Waals surface area contributed by atoms with Crippen molar-refractivity contribution in [3.05, 3.63) is 52.9 Å². The smallest absolute Gasteiger partial charge is 0.105 e. The lowest BCUT2D eigenvalue weighted by molar-refractivity contribution is 0.460. The zero-order chi connectivity index (χ0) is 14.2. The van der Waals surface area contributed by atoms with E-state index in [0.29, 0.717) is 6.04 Å². The number of halogens is 1. The minimum Gasteiger partial charge on any atom is -0.469 e. The summed E-state index contributed by atoms with van der Waals surface area (Å²) in [4.78, 5) is 1.29. The first-order valence-corrected chi connectivity index (χ1v) is 8.70. The van der Waals surface area contributed by atoms with Crippen LogP contribution in [0, 0.1) is 0 Å².